The van der Waals surface area contributed by atoms with Gasteiger partial charge in [0.1, 0.15) is 0 Å². The highest BCUT2D eigenvalue weighted by Gasteiger charge is 2.21. The Balaban J connectivity index is 1.80. The monoisotopic (exact) mass is 185 g/mol. The third-order valence-electron chi connectivity index (χ3n) is 3.14. The highest BCUT2D eigenvalue weighted by molar-refractivity contribution is 7.99. The highest BCUT2D eigenvalue weighted by atomic mass is 32.2. The lowest BCUT2D eigenvalue weighted by Gasteiger charge is -2.36. The van der Waals surface area contributed by atoms with Gasteiger partial charge in [0, 0.05) is 30.6 Å². The first-order valence-electron chi connectivity index (χ1n) is 5.28. The summed E-state index contributed by atoms with van der Waals surface area (Å²) >= 11 is 2.12. The summed E-state index contributed by atoms with van der Waals surface area (Å²) in [5.74, 6) is 2.74. The van der Waals surface area contributed by atoms with Crippen LogP contribution in [-0.4, -0.2) is 35.5 Å². The first kappa shape index (κ1) is 8.89. The van der Waals surface area contributed by atoms with Crippen LogP contribution in [0.15, 0.2) is 0 Å². The predicted molar refractivity (Wildman–Crippen MR) is 55.8 cm³/mol. The van der Waals surface area contributed by atoms with Crippen molar-refractivity contribution < 1.29 is 0 Å². The molecule has 2 aliphatic rings. The third kappa shape index (κ3) is 2.17. The molecule has 2 fully saturated rings. The first-order chi connectivity index (χ1) is 5.97. The van der Waals surface area contributed by atoms with Gasteiger partial charge in [-0.1, -0.05) is 19.3 Å². The summed E-state index contributed by atoms with van der Waals surface area (Å²) in [6.45, 7) is 2.71. The van der Waals surface area contributed by atoms with E-state index in [2.05, 4.69) is 16.7 Å². The van der Waals surface area contributed by atoms with Crippen LogP contribution in [0.25, 0.3) is 0 Å². The molecule has 2 rings (SSSR count). The van der Waals surface area contributed by atoms with Crippen LogP contribution >= 0.6 is 11.8 Å². The molecule has 0 aromatic rings. The molecule has 0 aromatic heterocycles. The molecule has 1 aliphatic heterocycles. The van der Waals surface area contributed by atoms with Gasteiger partial charge in [0.2, 0.25) is 0 Å². The maximum absolute atomic E-state index is 2.73. The van der Waals surface area contributed by atoms with Crippen LogP contribution in [0.5, 0.6) is 0 Å². The quantitative estimate of drug-likeness (QED) is 0.617. The number of thioether (sulfide) groups is 1. The summed E-state index contributed by atoms with van der Waals surface area (Å²) < 4.78 is 0. The van der Waals surface area contributed by atoms with Crippen LogP contribution in [0, 0.1) is 0 Å². The van der Waals surface area contributed by atoms with E-state index < -0.39 is 0 Å². The lowest BCUT2D eigenvalue weighted by atomic mass is 9.94. The summed E-state index contributed by atoms with van der Waals surface area (Å²) in [7, 11) is 0. The van der Waals surface area contributed by atoms with Crippen LogP contribution in [0.2, 0.25) is 0 Å². The Morgan fingerprint density at radius 3 is 2.25 bits per heavy atom. The summed E-state index contributed by atoms with van der Waals surface area (Å²) in [5.41, 5.74) is 0. The topological polar surface area (TPSA) is 3.24 Å². The Labute approximate surface area is 79.9 Å². The molecule has 70 valence electrons. The van der Waals surface area contributed by atoms with Crippen molar-refractivity contribution in [3.63, 3.8) is 0 Å². The molecule has 1 saturated carbocycles. The van der Waals surface area contributed by atoms with Gasteiger partial charge in [0.05, 0.1) is 0 Å². The molecular formula is C10H19NS. The molecule has 1 heterocycles. The fraction of sp³-hybridized carbons (Fsp3) is 1.00. The molecular weight excluding hydrogens is 166 g/mol. The Morgan fingerprint density at radius 2 is 1.58 bits per heavy atom. The highest BCUT2D eigenvalue weighted by Crippen LogP contribution is 2.24. The molecule has 0 bridgehead atoms. The molecule has 12 heavy (non-hydrogen) atoms. The number of nitrogens with zero attached hydrogens (tertiary/aromatic N) is 1. The number of hydrogen-bond donors (Lipinski definition) is 0. The van der Waals surface area contributed by atoms with Gasteiger partial charge in [-0.3, -0.25) is 4.90 Å². The second-order valence-corrected chi connectivity index (χ2v) is 5.16. The summed E-state index contributed by atoms with van der Waals surface area (Å²) in [5, 5.41) is 0. The third-order valence-corrected chi connectivity index (χ3v) is 4.08. The van der Waals surface area contributed by atoms with Crippen LogP contribution in [0.3, 0.4) is 0 Å². The summed E-state index contributed by atoms with van der Waals surface area (Å²) in [4.78, 5) is 2.73. The Morgan fingerprint density at radius 1 is 0.917 bits per heavy atom. The van der Waals surface area contributed by atoms with E-state index in [1.165, 1.54) is 56.7 Å². The summed E-state index contributed by atoms with van der Waals surface area (Å²) in [6.07, 6.45) is 7.40. The van der Waals surface area contributed by atoms with Crippen molar-refractivity contribution in [2.75, 3.05) is 24.6 Å². The van der Waals surface area contributed by atoms with Crippen molar-refractivity contribution in [2.24, 2.45) is 0 Å². The number of rotatable bonds is 1. The van der Waals surface area contributed by atoms with Crippen molar-refractivity contribution in [2.45, 2.75) is 38.1 Å². The largest absolute Gasteiger partial charge is 0.299 e. The van der Waals surface area contributed by atoms with Crippen LogP contribution < -0.4 is 0 Å². The average Bonchev–Trinajstić information content (AvgIpc) is 2.21. The van der Waals surface area contributed by atoms with Gasteiger partial charge in [0.25, 0.3) is 0 Å². The van der Waals surface area contributed by atoms with Crippen molar-refractivity contribution in [3.8, 4) is 0 Å². The molecule has 1 aliphatic carbocycles. The smallest absolute Gasteiger partial charge is 0.00959 e. The Kier molecular flexibility index (Phi) is 3.35. The minimum atomic E-state index is 0.958. The molecule has 0 radical (unpaired) electrons. The van der Waals surface area contributed by atoms with Crippen molar-refractivity contribution in [1.29, 1.82) is 0 Å². The van der Waals surface area contributed by atoms with Gasteiger partial charge in [-0.2, -0.15) is 11.8 Å². The zero-order valence-corrected chi connectivity index (χ0v) is 8.61. The molecule has 0 unspecified atom stereocenters. The molecule has 2 heteroatoms. The van der Waals surface area contributed by atoms with Crippen LogP contribution in [0.4, 0.5) is 0 Å². The molecule has 0 N–H and O–H groups in total. The minimum Gasteiger partial charge on any atom is -0.299 e. The van der Waals surface area contributed by atoms with Crippen molar-refractivity contribution in [1.82, 2.24) is 4.90 Å². The van der Waals surface area contributed by atoms with Gasteiger partial charge in [-0.25, -0.2) is 0 Å². The van der Waals surface area contributed by atoms with Crippen molar-refractivity contribution >= 4 is 11.8 Å². The van der Waals surface area contributed by atoms with E-state index in [1.807, 2.05) is 0 Å². The zero-order chi connectivity index (χ0) is 8.23. The lowest BCUT2D eigenvalue weighted by Crippen LogP contribution is -2.42. The zero-order valence-electron chi connectivity index (χ0n) is 7.80. The van der Waals surface area contributed by atoms with Gasteiger partial charge >= 0.3 is 0 Å². The Hall–Kier alpha value is 0.310. The number of hydrogen-bond acceptors (Lipinski definition) is 2. The van der Waals surface area contributed by atoms with Gasteiger partial charge < -0.3 is 0 Å². The van der Waals surface area contributed by atoms with Gasteiger partial charge in [0.15, 0.2) is 0 Å². The fourth-order valence-electron chi connectivity index (χ4n) is 2.39. The Bertz CT molecular complexity index is 110. The maximum atomic E-state index is 2.73. The molecule has 1 nitrogen and oxygen atoms in total. The lowest BCUT2D eigenvalue weighted by molar-refractivity contribution is 0.171. The van der Waals surface area contributed by atoms with E-state index >= 15 is 0 Å². The fourth-order valence-corrected chi connectivity index (χ4v) is 3.32. The van der Waals surface area contributed by atoms with E-state index in [1.54, 1.807) is 0 Å². The summed E-state index contributed by atoms with van der Waals surface area (Å²) in [6, 6.07) is 0.958. The first-order valence-corrected chi connectivity index (χ1v) is 6.44. The minimum absolute atomic E-state index is 0.958. The standard InChI is InChI=1S/C10H19NS/c1-2-4-10(5-3-1)11-6-8-12-9-7-11/h10H,1-9H2. The van der Waals surface area contributed by atoms with E-state index in [-0.39, 0.29) is 0 Å². The molecule has 0 spiro atoms. The molecule has 0 amide bonds. The second-order valence-electron chi connectivity index (χ2n) is 3.94. The van der Waals surface area contributed by atoms with E-state index in [0.29, 0.717) is 0 Å². The molecule has 0 aromatic carbocycles. The van der Waals surface area contributed by atoms with Crippen LogP contribution in [0.1, 0.15) is 32.1 Å². The van der Waals surface area contributed by atoms with E-state index in [0.717, 1.165) is 6.04 Å². The van der Waals surface area contributed by atoms with Gasteiger partial charge in [-0.15, -0.1) is 0 Å². The molecule has 0 atom stereocenters. The SMILES string of the molecule is C1CCC(N2CCSCC2)CC1. The van der Waals surface area contributed by atoms with E-state index in [4.69, 9.17) is 0 Å². The van der Waals surface area contributed by atoms with Crippen molar-refractivity contribution in [3.05, 3.63) is 0 Å². The van der Waals surface area contributed by atoms with Gasteiger partial charge in [-0.05, 0) is 12.8 Å². The maximum Gasteiger partial charge on any atom is 0.00959 e. The average molecular weight is 185 g/mol. The second kappa shape index (κ2) is 4.52. The normalized spacial score (nSPS) is 29.0. The molecule has 1 saturated heterocycles. The van der Waals surface area contributed by atoms with E-state index in [9.17, 15) is 0 Å². The predicted octanol–water partition coefficient (Wildman–Crippen LogP) is 2.37. The van der Waals surface area contributed by atoms with Crippen LogP contribution in [-0.2, 0) is 0 Å².